The van der Waals surface area contributed by atoms with Gasteiger partial charge < -0.3 is 10.6 Å². The Morgan fingerprint density at radius 3 is 2.41 bits per heavy atom. The number of rotatable bonds is 5. The van der Waals surface area contributed by atoms with Crippen LogP contribution in [0.2, 0.25) is 5.02 Å². The summed E-state index contributed by atoms with van der Waals surface area (Å²) in [7, 11) is 0. The van der Waals surface area contributed by atoms with Gasteiger partial charge in [0, 0.05) is 27.2 Å². The smallest absolute Gasteiger partial charge is 0.287 e. The number of nitro groups is 1. The van der Waals surface area contributed by atoms with Crippen LogP contribution in [0, 0.1) is 10.1 Å². The largest absolute Gasteiger partial charge is 0.321 e. The molecule has 1 aromatic heterocycles. The first-order valence-corrected chi connectivity index (χ1v) is 11.2. The van der Waals surface area contributed by atoms with Gasteiger partial charge >= 0.3 is 0 Å². The standard InChI is InChI=1S/C22H13BrClN3O4S/c23-15-11-13(9-10-16(15)26-21(28)12-5-2-1-3-6-12)25-22(29)20-18(24)14-7-4-8-17(27(30)31)19(14)32-20/h1-11H,(H,25,29)(H,26,28). The van der Waals surface area contributed by atoms with Crippen LogP contribution in [0.15, 0.2) is 71.2 Å². The Bertz CT molecular complexity index is 1370. The molecule has 4 aromatic rings. The highest BCUT2D eigenvalue weighted by molar-refractivity contribution is 9.10. The fourth-order valence-corrected chi connectivity index (χ4v) is 5.00. The topological polar surface area (TPSA) is 101 Å². The molecule has 0 unspecified atom stereocenters. The minimum atomic E-state index is -0.504. The summed E-state index contributed by atoms with van der Waals surface area (Å²) >= 11 is 10.7. The van der Waals surface area contributed by atoms with Crippen LogP contribution in [-0.4, -0.2) is 16.7 Å². The fourth-order valence-electron chi connectivity index (χ4n) is 3.03. The van der Waals surface area contributed by atoms with E-state index in [0.717, 1.165) is 11.3 Å². The van der Waals surface area contributed by atoms with Gasteiger partial charge in [-0.3, -0.25) is 19.7 Å². The lowest BCUT2D eigenvalue weighted by molar-refractivity contribution is -0.382. The molecule has 0 radical (unpaired) electrons. The van der Waals surface area contributed by atoms with Crippen molar-refractivity contribution < 1.29 is 14.5 Å². The molecule has 0 saturated heterocycles. The number of carbonyl (C=O) groups excluding carboxylic acids is 2. The minimum Gasteiger partial charge on any atom is -0.321 e. The molecule has 0 bridgehead atoms. The van der Waals surface area contributed by atoms with Gasteiger partial charge in [-0.25, -0.2) is 0 Å². The molecule has 0 aliphatic rings. The molecule has 7 nitrogen and oxygen atoms in total. The fraction of sp³-hybridized carbons (Fsp3) is 0. The number of nitro benzene ring substituents is 1. The van der Waals surface area contributed by atoms with Crippen molar-refractivity contribution >= 4 is 77.8 Å². The summed E-state index contributed by atoms with van der Waals surface area (Å²) in [5, 5.41) is 17.4. The normalized spacial score (nSPS) is 10.7. The monoisotopic (exact) mass is 529 g/mol. The number of non-ortho nitro benzene ring substituents is 1. The summed E-state index contributed by atoms with van der Waals surface area (Å²) < 4.78 is 0.908. The van der Waals surface area contributed by atoms with Gasteiger partial charge in [0.2, 0.25) is 0 Å². The van der Waals surface area contributed by atoms with Gasteiger partial charge in [-0.1, -0.05) is 41.9 Å². The number of nitrogens with zero attached hydrogens (tertiary/aromatic N) is 1. The molecule has 32 heavy (non-hydrogen) atoms. The first kappa shape index (κ1) is 21.9. The zero-order valence-electron chi connectivity index (χ0n) is 16.1. The Balaban J connectivity index is 1.55. The van der Waals surface area contributed by atoms with Crippen LogP contribution < -0.4 is 10.6 Å². The van der Waals surface area contributed by atoms with Crippen molar-refractivity contribution in [3.63, 3.8) is 0 Å². The Morgan fingerprint density at radius 2 is 1.72 bits per heavy atom. The maximum absolute atomic E-state index is 12.8. The number of benzene rings is 3. The lowest BCUT2D eigenvalue weighted by Crippen LogP contribution is -2.13. The molecular formula is C22H13BrClN3O4S. The molecule has 0 spiro atoms. The molecule has 2 N–H and O–H groups in total. The first-order chi connectivity index (χ1) is 15.3. The lowest BCUT2D eigenvalue weighted by atomic mass is 10.2. The zero-order valence-corrected chi connectivity index (χ0v) is 19.3. The van der Waals surface area contributed by atoms with Crippen LogP contribution in [0.3, 0.4) is 0 Å². The van der Waals surface area contributed by atoms with Crippen LogP contribution in [0.5, 0.6) is 0 Å². The third-order valence-electron chi connectivity index (χ3n) is 4.55. The van der Waals surface area contributed by atoms with E-state index in [-0.39, 0.29) is 21.5 Å². The number of hydrogen-bond donors (Lipinski definition) is 2. The van der Waals surface area contributed by atoms with Crippen molar-refractivity contribution in [3.05, 3.63) is 96.8 Å². The van der Waals surface area contributed by atoms with E-state index in [1.54, 1.807) is 48.5 Å². The van der Waals surface area contributed by atoms with E-state index >= 15 is 0 Å². The summed E-state index contributed by atoms with van der Waals surface area (Å²) in [5.41, 5.74) is 1.41. The molecule has 0 aliphatic carbocycles. The lowest BCUT2D eigenvalue weighted by Gasteiger charge is -2.10. The van der Waals surface area contributed by atoms with Crippen molar-refractivity contribution in [1.82, 2.24) is 0 Å². The van der Waals surface area contributed by atoms with Gasteiger partial charge in [0.15, 0.2) is 0 Å². The molecule has 10 heteroatoms. The number of hydrogen-bond acceptors (Lipinski definition) is 5. The van der Waals surface area contributed by atoms with Crippen LogP contribution in [0.4, 0.5) is 17.1 Å². The van der Waals surface area contributed by atoms with E-state index in [2.05, 4.69) is 26.6 Å². The van der Waals surface area contributed by atoms with Crippen molar-refractivity contribution in [1.29, 1.82) is 0 Å². The molecular weight excluding hydrogens is 518 g/mol. The van der Waals surface area contributed by atoms with E-state index in [4.69, 9.17) is 11.6 Å². The number of nitrogens with one attached hydrogen (secondary N) is 2. The van der Waals surface area contributed by atoms with Gasteiger partial charge in [0.25, 0.3) is 17.5 Å². The number of thiophene rings is 1. The molecule has 0 aliphatic heterocycles. The predicted octanol–water partition coefficient (Wildman–Crippen LogP) is 6.73. The molecule has 0 saturated carbocycles. The first-order valence-electron chi connectivity index (χ1n) is 9.18. The van der Waals surface area contributed by atoms with Crippen molar-refractivity contribution in [2.75, 3.05) is 10.6 Å². The Morgan fingerprint density at radius 1 is 0.969 bits per heavy atom. The number of amides is 2. The second kappa shape index (κ2) is 9.07. The van der Waals surface area contributed by atoms with Crippen molar-refractivity contribution in [2.24, 2.45) is 0 Å². The van der Waals surface area contributed by atoms with Gasteiger partial charge in [0.1, 0.15) is 9.58 Å². The molecule has 2 amide bonds. The molecule has 1 heterocycles. The molecule has 160 valence electrons. The third kappa shape index (κ3) is 4.36. The molecule has 3 aromatic carbocycles. The van der Waals surface area contributed by atoms with E-state index < -0.39 is 10.8 Å². The van der Waals surface area contributed by atoms with Crippen molar-refractivity contribution in [2.45, 2.75) is 0 Å². The average molecular weight is 531 g/mol. The van der Waals surface area contributed by atoms with E-state index in [9.17, 15) is 19.7 Å². The Kier molecular flexibility index (Phi) is 6.22. The highest BCUT2D eigenvalue weighted by Gasteiger charge is 2.23. The number of anilines is 2. The summed E-state index contributed by atoms with van der Waals surface area (Å²) in [4.78, 5) is 36.1. The molecule has 0 fully saturated rings. The van der Waals surface area contributed by atoms with E-state index in [0.29, 0.717) is 31.5 Å². The van der Waals surface area contributed by atoms with E-state index in [1.165, 1.54) is 12.1 Å². The summed E-state index contributed by atoms with van der Waals surface area (Å²) in [6.45, 7) is 0. The van der Waals surface area contributed by atoms with Crippen molar-refractivity contribution in [3.8, 4) is 0 Å². The van der Waals surface area contributed by atoms with Gasteiger partial charge in [-0.2, -0.15) is 0 Å². The van der Waals surface area contributed by atoms with Crippen LogP contribution in [-0.2, 0) is 0 Å². The number of halogens is 2. The predicted molar refractivity (Wildman–Crippen MR) is 130 cm³/mol. The molecule has 0 atom stereocenters. The quantitative estimate of drug-likeness (QED) is 0.221. The van der Waals surface area contributed by atoms with E-state index in [1.807, 2.05) is 6.07 Å². The maximum atomic E-state index is 12.8. The summed E-state index contributed by atoms with van der Waals surface area (Å²) in [6.07, 6.45) is 0. The van der Waals surface area contributed by atoms with Gasteiger partial charge in [-0.05, 0) is 46.3 Å². The second-order valence-electron chi connectivity index (χ2n) is 6.63. The SMILES string of the molecule is O=C(Nc1ccc(NC(=O)c2sc3c([N+](=O)[O-])cccc3c2Cl)cc1Br)c1ccccc1. The second-order valence-corrected chi connectivity index (χ2v) is 8.88. The van der Waals surface area contributed by atoms with Crippen LogP contribution >= 0.6 is 38.9 Å². The zero-order chi connectivity index (χ0) is 22.8. The number of carbonyl (C=O) groups is 2. The highest BCUT2D eigenvalue weighted by Crippen LogP contribution is 2.40. The van der Waals surface area contributed by atoms with Gasteiger partial charge in [0.05, 0.1) is 15.6 Å². The highest BCUT2D eigenvalue weighted by atomic mass is 79.9. The third-order valence-corrected chi connectivity index (χ3v) is 6.94. The Hall–Kier alpha value is -3.27. The minimum absolute atomic E-state index is 0.102. The Labute approximate surface area is 199 Å². The maximum Gasteiger partial charge on any atom is 0.287 e. The summed E-state index contributed by atoms with van der Waals surface area (Å²) in [5.74, 6) is -0.750. The van der Waals surface area contributed by atoms with Crippen LogP contribution in [0.25, 0.3) is 10.1 Å². The molecule has 4 rings (SSSR count). The average Bonchev–Trinajstić information content (AvgIpc) is 3.13. The summed E-state index contributed by atoms with van der Waals surface area (Å²) in [6, 6.07) is 18.2. The van der Waals surface area contributed by atoms with Crippen LogP contribution in [0.1, 0.15) is 20.0 Å². The number of fused-ring (bicyclic) bond motifs is 1. The van der Waals surface area contributed by atoms with Gasteiger partial charge in [-0.15, -0.1) is 11.3 Å².